The number of amides is 1. The molecule has 0 radical (unpaired) electrons. The molecular formula is C12H13NO4. The van der Waals surface area contributed by atoms with Gasteiger partial charge < -0.3 is 14.8 Å². The standard InChI is InChI=1S/C12H13NO4/c1-12(8-17-11(15)13-12)7-16-10(14)9-5-3-2-4-6-9/h2-6H,7-8H2,1H3,(H,13,15)/t12-/m0/s1. The first-order chi connectivity index (χ1) is 8.09. The number of nitrogens with one attached hydrogen (secondary N) is 1. The van der Waals surface area contributed by atoms with Crippen LogP contribution in [0.2, 0.25) is 0 Å². The van der Waals surface area contributed by atoms with Gasteiger partial charge in [-0.05, 0) is 19.1 Å². The second-order valence-electron chi connectivity index (χ2n) is 4.20. The van der Waals surface area contributed by atoms with Gasteiger partial charge in [0, 0.05) is 0 Å². The highest BCUT2D eigenvalue weighted by Gasteiger charge is 2.36. The Morgan fingerprint density at radius 2 is 2.18 bits per heavy atom. The third kappa shape index (κ3) is 2.75. The predicted octanol–water partition coefficient (Wildman–Crippen LogP) is 1.34. The third-order valence-electron chi connectivity index (χ3n) is 2.46. The highest BCUT2D eigenvalue weighted by atomic mass is 16.6. The molecule has 1 aromatic rings. The number of rotatable bonds is 3. The van der Waals surface area contributed by atoms with Crippen molar-refractivity contribution in [2.75, 3.05) is 13.2 Å². The number of benzene rings is 1. The molecule has 2 rings (SSSR count). The topological polar surface area (TPSA) is 64.6 Å². The number of hydrogen-bond donors (Lipinski definition) is 1. The summed E-state index contributed by atoms with van der Waals surface area (Å²) < 4.78 is 9.89. The summed E-state index contributed by atoms with van der Waals surface area (Å²) in [5.74, 6) is -0.409. The van der Waals surface area contributed by atoms with Crippen molar-refractivity contribution >= 4 is 12.1 Å². The molecule has 0 aromatic heterocycles. The van der Waals surface area contributed by atoms with Crippen molar-refractivity contribution < 1.29 is 19.1 Å². The summed E-state index contributed by atoms with van der Waals surface area (Å²) in [6.45, 7) is 2.05. The Morgan fingerprint density at radius 3 is 2.76 bits per heavy atom. The first kappa shape index (κ1) is 11.4. The van der Waals surface area contributed by atoms with Crippen molar-refractivity contribution in [1.82, 2.24) is 5.32 Å². The molecule has 0 saturated carbocycles. The van der Waals surface area contributed by atoms with Gasteiger partial charge in [-0.15, -0.1) is 0 Å². The molecule has 0 unspecified atom stereocenters. The van der Waals surface area contributed by atoms with Gasteiger partial charge in [0.15, 0.2) is 0 Å². The van der Waals surface area contributed by atoms with Crippen LogP contribution < -0.4 is 5.32 Å². The first-order valence-corrected chi connectivity index (χ1v) is 5.26. The molecule has 0 bridgehead atoms. The molecule has 1 N–H and O–H groups in total. The van der Waals surface area contributed by atoms with Crippen LogP contribution in [-0.4, -0.2) is 30.8 Å². The largest absolute Gasteiger partial charge is 0.459 e. The fraction of sp³-hybridized carbons (Fsp3) is 0.333. The number of cyclic esters (lactones) is 1. The van der Waals surface area contributed by atoms with E-state index in [1.807, 2.05) is 6.07 Å². The minimum Gasteiger partial charge on any atom is -0.459 e. The van der Waals surface area contributed by atoms with Gasteiger partial charge in [-0.2, -0.15) is 0 Å². The monoisotopic (exact) mass is 235 g/mol. The molecule has 17 heavy (non-hydrogen) atoms. The van der Waals surface area contributed by atoms with Gasteiger partial charge in [-0.3, -0.25) is 0 Å². The Bertz CT molecular complexity index is 431. The van der Waals surface area contributed by atoms with Crippen LogP contribution in [-0.2, 0) is 9.47 Å². The molecule has 5 nitrogen and oxygen atoms in total. The number of esters is 1. The van der Waals surface area contributed by atoms with Gasteiger partial charge >= 0.3 is 12.1 Å². The summed E-state index contributed by atoms with van der Waals surface area (Å²) in [4.78, 5) is 22.5. The molecule has 1 atom stereocenters. The number of ether oxygens (including phenoxy) is 2. The maximum Gasteiger partial charge on any atom is 0.407 e. The molecule has 5 heteroatoms. The van der Waals surface area contributed by atoms with Gasteiger partial charge in [-0.1, -0.05) is 18.2 Å². The summed E-state index contributed by atoms with van der Waals surface area (Å²) in [5, 5.41) is 2.60. The molecule has 90 valence electrons. The normalized spacial score (nSPS) is 22.8. The van der Waals surface area contributed by atoms with Gasteiger partial charge in [0.2, 0.25) is 0 Å². The van der Waals surface area contributed by atoms with Crippen LogP contribution in [0.4, 0.5) is 4.79 Å². The fourth-order valence-electron chi connectivity index (χ4n) is 1.50. The lowest BCUT2D eigenvalue weighted by molar-refractivity contribution is 0.0390. The average Bonchev–Trinajstić information content (AvgIpc) is 2.68. The van der Waals surface area contributed by atoms with E-state index in [0.717, 1.165) is 0 Å². The minimum atomic E-state index is -0.637. The SMILES string of the molecule is C[C@]1(COC(=O)c2ccccc2)COC(=O)N1. The van der Waals surface area contributed by atoms with E-state index in [2.05, 4.69) is 5.32 Å². The third-order valence-corrected chi connectivity index (χ3v) is 2.46. The van der Waals surface area contributed by atoms with Crippen LogP contribution >= 0.6 is 0 Å². The summed E-state index contributed by atoms with van der Waals surface area (Å²) >= 11 is 0. The van der Waals surface area contributed by atoms with Crippen LogP contribution in [0.15, 0.2) is 30.3 Å². The van der Waals surface area contributed by atoms with E-state index in [1.165, 1.54) is 0 Å². The van der Waals surface area contributed by atoms with E-state index in [9.17, 15) is 9.59 Å². The predicted molar refractivity (Wildman–Crippen MR) is 59.6 cm³/mol. The second-order valence-corrected chi connectivity index (χ2v) is 4.20. The van der Waals surface area contributed by atoms with E-state index in [4.69, 9.17) is 9.47 Å². The van der Waals surface area contributed by atoms with Crippen LogP contribution in [0.5, 0.6) is 0 Å². The summed E-state index contributed by atoms with van der Waals surface area (Å²) in [6, 6.07) is 8.70. The Kier molecular flexibility index (Phi) is 2.99. The van der Waals surface area contributed by atoms with Crippen molar-refractivity contribution in [3.63, 3.8) is 0 Å². The van der Waals surface area contributed by atoms with E-state index < -0.39 is 17.6 Å². The Balaban J connectivity index is 1.91. The zero-order chi connectivity index (χ0) is 12.3. The van der Waals surface area contributed by atoms with Gasteiger partial charge in [0.05, 0.1) is 5.56 Å². The Hall–Kier alpha value is -2.04. The molecular weight excluding hydrogens is 222 g/mol. The summed E-state index contributed by atoms with van der Waals surface area (Å²) in [7, 11) is 0. The van der Waals surface area contributed by atoms with E-state index in [-0.39, 0.29) is 13.2 Å². The maximum absolute atomic E-state index is 11.6. The average molecular weight is 235 g/mol. The molecule has 1 amide bonds. The zero-order valence-electron chi connectivity index (χ0n) is 9.43. The number of carbonyl (C=O) groups is 2. The highest BCUT2D eigenvalue weighted by molar-refractivity contribution is 5.89. The Morgan fingerprint density at radius 1 is 1.47 bits per heavy atom. The molecule has 1 fully saturated rings. The second kappa shape index (κ2) is 4.45. The molecule has 0 aliphatic carbocycles. The van der Waals surface area contributed by atoms with Crippen LogP contribution in [0, 0.1) is 0 Å². The van der Waals surface area contributed by atoms with Crippen molar-refractivity contribution in [2.45, 2.75) is 12.5 Å². The zero-order valence-corrected chi connectivity index (χ0v) is 9.43. The van der Waals surface area contributed by atoms with Crippen molar-refractivity contribution in [3.8, 4) is 0 Å². The van der Waals surface area contributed by atoms with Crippen molar-refractivity contribution in [3.05, 3.63) is 35.9 Å². The van der Waals surface area contributed by atoms with Crippen LogP contribution in [0.3, 0.4) is 0 Å². The lowest BCUT2D eigenvalue weighted by Gasteiger charge is -2.20. The molecule has 1 heterocycles. The van der Waals surface area contributed by atoms with Gasteiger partial charge in [0.25, 0.3) is 0 Å². The van der Waals surface area contributed by atoms with Gasteiger partial charge in [-0.25, -0.2) is 9.59 Å². The van der Waals surface area contributed by atoms with Crippen molar-refractivity contribution in [2.24, 2.45) is 0 Å². The molecule has 1 aromatic carbocycles. The minimum absolute atomic E-state index is 0.0897. The van der Waals surface area contributed by atoms with Crippen LogP contribution in [0.25, 0.3) is 0 Å². The van der Waals surface area contributed by atoms with Gasteiger partial charge in [0.1, 0.15) is 18.8 Å². The lowest BCUT2D eigenvalue weighted by atomic mass is 10.1. The molecule has 1 saturated heterocycles. The smallest absolute Gasteiger partial charge is 0.407 e. The maximum atomic E-state index is 11.6. The molecule has 0 spiro atoms. The summed E-state index contributed by atoms with van der Waals surface area (Å²) in [5.41, 5.74) is -0.150. The highest BCUT2D eigenvalue weighted by Crippen LogP contribution is 2.13. The molecule has 1 aliphatic heterocycles. The summed E-state index contributed by atoms with van der Waals surface area (Å²) in [6.07, 6.45) is -0.483. The van der Waals surface area contributed by atoms with Crippen LogP contribution in [0.1, 0.15) is 17.3 Å². The number of carbonyl (C=O) groups excluding carboxylic acids is 2. The van der Waals surface area contributed by atoms with E-state index in [0.29, 0.717) is 5.56 Å². The van der Waals surface area contributed by atoms with E-state index in [1.54, 1.807) is 31.2 Å². The first-order valence-electron chi connectivity index (χ1n) is 5.26. The quantitative estimate of drug-likeness (QED) is 0.803. The lowest BCUT2D eigenvalue weighted by Crippen LogP contribution is -2.45. The number of alkyl carbamates (subject to hydrolysis) is 1. The fourth-order valence-corrected chi connectivity index (χ4v) is 1.50. The number of hydrogen-bond acceptors (Lipinski definition) is 4. The van der Waals surface area contributed by atoms with Crippen molar-refractivity contribution in [1.29, 1.82) is 0 Å². The Labute approximate surface area is 98.7 Å². The molecule has 1 aliphatic rings. The van der Waals surface area contributed by atoms with E-state index >= 15 is 0 Å².